The van der Waals surface area contributed by atoms with Crippen molar-refractivity contribution in [1.82, 2.24) is 19.8 Å². The molecule has 2 aromatic carbocycles. The van der Waals surface area contributed by atoms with Crippen LogP contribution in [-0.2, 0) is 11.2 Å². The average molecular weight is 391 g/mol. The second kappa shape index (κ2) is 7.55. The van der Waals surface area contributed by atoms with Crippen LogP contribution in [0.2, 0.25) is 0 Å². The fraction of sp³-hybridized carbons (Fsp3) is 0.150. The van der Waals surface area contributed by atoms with E-state index in [1.165, 1.54) is 6.07 Å². The summed E-state index contributed by atoms with van der Waals surface area (Å²) in [4.78, 5) is 28.0. The van der Waals surface area contributed by atoms with Crippen LogP contribution in [0, 0.1) is 0 Å². The van der Waals surface area contributed by atoms with Crippen molar-refractivity contribution < 1.29 is 19.4 Å². The van der Waals surface area contributed by atoms with Gasteiger partial charge in [0.15, 0.2) is 5.65 Å². The van der Waals surface area contributed by atoms with Crippen molar-refractivity contribution in [3.8, 4) is 5.75 Å². The topological polar surface area (TPSA) is 119 Å². The van der Waals surface area contributed by atoms with Crippen molar-refractivity contribution >= 4 is 34.1 Å². The van der Waals surface area contributed by atoms with E-state index in [9.17, 15) is 14.7 Å². The van der Waals surface area contributed by atoms with Crippen molar-refractivity contribution in [2.45, 2.75) is 12.8 Å². The third-order valence-electron chi connectivity index (χ3n) is 4.52. The first kappa shape index (κ1) is 18.4. The Hall–Kier alpha value is -4.01. The van der Waals surface area contributed by atoms with Gasteiger partial charge in [0.1, 0.15) is 11.4 Å². The molecule has 146 valence electrons. The zero-order chi connectivity index (χ0) is 20.4. The third-order valence-corrected chi connectivity index (χ3v) is 4.52. The number of benzene rings is 2. The van der Waals surface area contributed by atoms with Crippen LogP contribution >= 0.6 is 0 Å². The molecule has 0 fully saturated rings. The highest BCUT2D eigenvalue weighted by atomic mass is 16.5. The molecule has 0 atom stereocenters. The van der Waals surface area contributed by atoms with Crippen molar-refractivity contribution in [2.75, 3.05) is 12.4 Å². The number of carboxylic acid groups (broad SMARTS) is 1. The SMILES string of the molecule is COc1ccc2c(cnc3c(CCC(=O)Nc4ccccc4C(=O)O)nnn32)c1. The maximum atomic E-state index is 12.3. The number of rotatable bonds is 6. The van der Waals surface area contributed by atoms with Gasteiger partial charge in [-0.25, -0.2) is 9.78 Å². The standard InChI is InChI=1S/C20H17N5O4/c1-29-13-6-8-17-12(10-13)11-21-19-16(23-24-25(17)19)7-9-18(26)22-15-5-3-2-4-14(15)20(27)28/h2-6,8,10-11H,7,9H2,1H3,(H,22,26)(H,27,28). The van der Waals surface area contributed by atoms with Gasteiger partial charge in [-0.2, -0.15) is 4.52 Å². The molecule has 0 spiro atoms. The molecule has 2 heterocycles. The molecule has 1 amide bonds. The first-order valence-electron chi connectivity index (χ1n) is 8.86. The first-order valence-corrected chi connectivity index (χ1v) is 8.86. The molecule has 29 heavy (non-hydrogen) atoms. The molecule has 2 N–H and O–H groups in total. The number of aryl methyl sites for hydroxylation is 1. The van der Waals surface area contributed by atoms with E-state index < -0.39 is 5.97 Å². The van der Waals surface area contributed by atoms with E-state index in [1.54, 1.807) is 36.0 Å². The molecule has 0 aliphatic carbocycles. The molecule has 0 aliphatic rings. The fourth-order valence-corrected chi connectivity index (χ4v) is 3.07. The molecule has 0 unspecified atom stereocenters. The van der Waals surface area contributed by atoms with Gasteiger partial charge in [-0.1, -0.05) is 17.3 Å². The number of hydrogen-bond acceptors (Lipinski definition) is 6. The normalized spacial score (nSPS) is 10.9. The van der Waals surface area contributed by atoms with E-state index in [1.807, 2.05) is 18.2 Å². The number of carbonyl (C=O) groups is 2. The highest BCUT2D eigenvalue weighted by molar-refractivity contribution is 6.00. The summed E-state index contributed by atoms with van der Waals surface area (Å²) in [7, 11) is 1.60. The lowest BCUT2D eigenvalue weighted by molar-refractivity contribution is -0.116. The molecule has 9 heteroatoms. The number of aromatic nitrogens is 4. The van der Waals surface area contributed by atoms with Gasteiger partial charge in [-0.15, -0.1) is 5.10 Å². The lowest BCUT2D eigenvalue weighted by atomic mass is 10.1. The fourth-order valence-electron chi connectivity index (χ4n) is 3.07. The van der Waals surface area contributed by atoms with Gasteiger partial charge in [0, 0.05) is 24.4 Å². The Morgan fingerprint density at radius 1 is 1.21 bits per heavy atom. The largest absolute Gasteiger partial charge is 0.497 e. The second-order valence-corrected chi connectivity index (χ2v) is 6.35. The first-order chi connectivity index (χ1) is 14.1. The minimum absolute atomic E-state index is 0.0403. The van der Waals surface area contributed by atoms with Crippen LogP contribution in [0.5, 0.6) is 5.75 Å². The summed E-state index contributed by atoms with van der Waals surface area (Å²) in [6.45, 7) is 0. The molecule has 2 aromatic heterocycles. The van der Waals surface area contributed by atoms with E-state index in [4.69, 9.17) is 4.74 Å². The number of ether oxygens (including phenoxy) is 1. The molecule has 0 saturated heterocycles. The van der Waals surface area contributed by atoms with Gasteiger partial charge in [0.2, 0.25) is 5.91 Å². The van der Waals surface area contributed by atoms with Crippen molar-refractivity contribution in [3.63, 3.8) is 0 Å². The molecular weight excluding hydrogens is 374 g/mol. The van der Waals surface area contributed by atoms with Crippen LogP contribution in [0.1, 0.15) is 22.5 Å². The van der Waals surface area contributed by atoms with E-state index in [0.29, 0.717) is 17.8 Å². The number of methoxy groups -OCH3 is 1. The molecule has 4 rings (SSSR count). The van der Waals surface area contributed by atoms with Gasteiger partial charge < -0.3 is 15.2 Å². The van der Waals surface area contributed by atoms with Gasteiger partial charge in [0.05, 0.1) is 23.9 Å². The zero-order valence-electron chi connectivity index (χ0n) is 15.5. The van der Waals surface area contributed by atoms with Gasteiger partial charge in [0.25, 0.3) is 0 Å². The number of nitrogens with zero attached hydrogens (tertiary/aromatic N) is 4. The lowest BCUT2D eigenvalue weighted by Crippen LogP contribution is -2.15. The van der Waals surface area contributed by atoms with Gasteiger partial charge >= 0.3 is 5.97 Å². The number of carboxylic acids is 1. The van der Waals surface area contributed by atoms with E-state index in [0.717, 1.165) is 16.7 Å². The van der Waals surface area contributed by atoms with Crippen LogP contribution in [0.3, 0.4) is 0 Å². The highest BCUT2D eigenvalue weighted by Gasteiger charge is 2.15. The number of hydrogen-bond donors (Lipinski definition) is 2. The number of amides is 1. The number of nitrogens with one attached hydrogen (secondary N) is 1. The number of anilines is 1. The summed E-state index contributed by atoms with van der Waals surface area (Å²) in [6.07, 6.45) is 2.15. The van der Waals surface area contributed by atoms with E-state index >= 15 is 0 Å². The number of para-hydroxylation sites is 1. The monoisotopic (exact) mass is 391 g/mol. The van der Waals surface area contributed by atoms with Gasteiger partial charge in [-0.05, 0) is 30.3 Å². The quantitative estimate of drug-likeness (QED) is 0.518. The molecular formula is C20H17N5O4. The highest BCUT2D eigenvalue weighted by Crippen LogP contribution is 2.22. The summed E-state index contributed by atoms with van der Waals surface area (Å²) in [5, 5.41) is 21.0. The Kier molecular flexibility index (Phi) is 4.78. The van der Waals surface area contributed by atoms with Crippen LogP contribution in [0.4, 0.5) is 5.69 Å². The summed E-state index contributed by atoms with van der Waals surface area (Å²) in [5.74, 6) is -0.694. The van der Waals surface area contributed by atoms with Crippen molar-refractivity contribution in [1.29, 1.82) is 0 Å². The Labute approximate surface area is 164 Å². The zero-order valence-corrected chi connectivity index (χ0v) is 15.5. The van der Waals surface area contributed by atoms with Crippen LogP contribution < -0.4 is 10.1 Å². The minimum atomic E-state index is -1.10. The lowest BCUT2D eigenvalue weighted by Gasteiger charge is -2.07. The third kappa shape index (κ3) is 3.57. The van der Waals surface area contributed by atoms with E-state index in [-0.39, 0.29) is 23.6 Å². The smallest absolute Gasteiger partial charge is 0.337 e. The van der Waals surface area contributed by atoms with Crippen molar-refractivity contribution in [2.24, 2.45) is 0 Å². The predicted octanol–water partition coefficient (Wildman–Crippen LogP) is 2.56. The maximum Gasteiger partial charge on any atom is 0.337 e. The minimum Gasteiger partial charge on any atom is -0.497 e. The Morgan fingerprint density at radius 2 is 2.03 bits per heavy atom. The Bertz CT molecular complexity index is 1230. The predicted molar refractivity (Wildman–Crippen MR) is 105 cm³/mol. The average Bonchev–Trinajstić information content (AvgIpc) is 3.15. The molecule has 4 aromatic rings. The van der Waals surface area contributed by atoms with E-state index in [2.05, 4.69) is 20.6 Å². The van der Waals surface area contributed by atoms with Crippen LogP contribution in [0.25, 0.3) is 16.6 Å². The van der Waals surface area contributed by atoms with Crippen LogP contribution in [-0.4, -0.2) is 43.9 Å². The molecule has 0 saturated carbocycles. The number of aromatic carboxylic acids is 1. The summed E-state index contributed by atoms with van der Waals surface area (Å²) in [5.41, 5.74) is 2.29. The molecule has 0 radical (unpaired) electrons. The second-order valence-electron chi connectivity index (χ2n) is 6.35. The number of fused-ring (bicyclic) bond motifs is 3. The summed E-state index contributed by atoms with van der Waals surface area (Å²) < 4.78 is 6.85. The van der Waals surface area contributed by atoms with Crippen LogP contribution in [0.15, 0.2) is 48.7 Å². The van der Waals surface area contributed by atoms with Gasteiger partial charge in [-0.3, -0.25) is 4.79 Å². The molecule has 9 nitrogen and oxygen atoms in total. The van der Waals surface area contributed by atoms with Crippen molar-refractivity contribution in [3.05, 3.63) is 59.9 Å². The summed E-state index contributed by atoms with van der Waals surface area (Å²) in [6, 6.07) is 11.8. The summed E-state index contributed by atoms with van der Waals surface area (Å²) >= 11 is 0. The molecule has 0 aliphatic heterocycles. The Morgan fingerprint density at radius 3 is 2.83 bits per heavy atom. The number of carbonyl (C=O) groups excluding carboxylic acids is 1. The Balaban J connectivity index is 1.52. The molecule has 0 bridgehead atoms. The maximum absolute atomic E-state index is 12.3.